The van der Waals surface area contributed by atoms with Gasteiger partial charge < -0.3 is 35.0 Å². The zero-order valence-electron chi connectivity index (χ0n) is 16.2. The van der Waals surface area contributed by atoms with Gasteiger partial charge >= 0.3 is 5.97 Å². The van der Waals surface area contributed by atoms with E-state index in [1.807, 2.05) is 0 Å². The summed E-state index contributed by atoms with van der Waals surface area (Å²) in [6.07, 6.45) is 0.297. The van der Waals surface area contributed by atoms with Crippen LogP contribution in [0.5, 0.6) is 28.7 Å². The fraction of sp³-hybridized carbons (Fsp3) is 0.409. The minimum Gasteiger partial charge on any atom is -0.508 e. The fourth-order valence-corrected chi connectivity index (χ4v) is 4.11. The van der Waals surface area contributed by atoms with E-state index in [1.54, 1.807) is 6.07 Å². The molecule has 1 aliphatic carbocycles. The highest BCUT2D eigenvalue weighted by molar-refractivity contribution is 5.73. The lowest BCUT2D eigenvalue weighted by atomic mass is 9.87. The van der Waals surface area contributed by atoms with Gasteiger partial charge in [0.1, 0.15) is 23.4 Å². The second-order valence-electron chi connectivity index (χ2n) is 7.91. The monoisotopic (exact) mass is 416 g/mol. The smallest absolute Gasteiger partial charge is 0.309 e. The number of fused-ring (bicyclic) bond motifs is 1. The summed E-state index contributed by atoms with van der Waals surface area (Å²) in [5, 5.41) is 49.2. The third-order valence-electron chi connectivity index (χ3n) is 5.79. The van der Waals surface area contributed by atoms with Crippen LogP contribution in [0, 0.1) is 5.92 Å². The first-order valence-corrected chi connectivity index (χ1v) is 9.93. The molecular weight excluding hydrogens is 392 g/mol. The fourth-order valence-electron chi connectivity index (χ4n) is 4.11. The van der Waals surface area contributed by atoms with Crippen LogP contribution in [0.4, 0.5) is 0 Å². The van der Waals surface area contributed by atoms with E-state index >= 15 is 0 Å². The highest BCUT2D eigenvalue weighted by atomic mass is 16.6. The molecule has 2 aromatic carbocycles. The van der Waals surface area contributed by atoms with Crippen LogP contribution in [-0.2, 0) is 16.0 Å². The Morgan fingerprint density at radius 3 is 2.37 bits per heavy atom. The lowest BCUT2D eigenvalue weighted by Gasteiger charge is -2.35. The molecule has 8 heteroatoms. The molecule has 8 nitrogen and oxygen atoms in total. The Bertz CT molecular complexity index is 948. The summed E-state index contributed by atoms with van der Waals surface area (Å²) < 4.78 is 11.7. The lowest BCUT2D eigenvalue weighted by molar-refractivity contribution is -0.162. The van der Waals surface area contributed by atoms with Crippen LogP contribution in [0.1, 0.15) is 42.9 Å². The van der Waals surface area contributed by atoms with Crippen molar-refractivity contribution in [2.24, 2.45) is 5.92 Å². The van der Waals surface area contributed by atoms with Crippen molar-refractivity contribution in [1.82, 2.24) is 0 Å². The molecule has 1 fully saturated rings. The molecular formula is C22H24O8. The number of carbonyl (C=O) groups is 1. The van der Waals surface area contributed by atoms with Crippen molar-refractivity contribution in [3.8, 4) is 28.7 Å². The topological polar surface area (TPSA) is 137 Å². The Morgan fingerprint density at radius 1 is 0.933 bits per heavy atom. The zero-order chi connectivity index (χ0) is 21.4. The largest absolute Gasteiger partial charge is 0.508 e. The number of hydrogen-bond donors (Lipinski definition) is 5. The van der Waals surface area contributed by atoms with E-state index in [9.17, 15) is 30.3 Å². The minimum atomic E-state index is -0.816. The number of aliphatic hydroxyl groups is 1. The molecule has 0 unspecified atom stereocenters. The molecule has 2 aromatic rings. The predicted molar refractivity (Wildman–Crippen MR) is 104 cm³/mol. The van der Waals surface area contributed by atoms with Crippen molar-refractivity contribution in [1.29, 1.82) is 0 Å². The summed E-state index contributed by atoms with van der Waals surface area (Å²) in [4.78, 5) is 12.8. The number of aromatic hydroxyl groups is 4. The number of ether oxygens (including phenoxy) is 2. The van der Waals surface area contributed by atoms with Crippen molar-refractivity contribution in [3.63, 3.8) is 0 Å². The molecule has 4 rings (SSSR count). The molecule has 1 saturated carbocycles. The number of rotatable bonds is 3. The summed E-state index contributed by atoms with van der Waals surface area (Å²) in [5.41, 5.74) is 0.875. The van der Waals surface area contributed by atoms with Crippen molar-refractivity contribution in [2.75, 3.05) is 0 Å². The first kappa shape index (κ1) is 20.2. The number of phenols is 4. The second-order valence-corrected chi connectivity index (χ2v) is 7.91. The Kier molecular flexibility index (Phi) is 5.34. The number of aliphatic hydroxyl groups excluding tert-OH is 1. The van der Waals surface area contributed by atoms with E-state index in [0.29, 0.717) is 36.8 Å². The number of hydrogen-bond acceptors (Lipinski definition) is 8. The average molecular weight is 416 g/mol. The van der Waals surface area contributed by atoms with Gasteiger partial charge in [-0.05, 0) is 37.8 Å². The molecule has 2 aliphatic rings. The maximum absolute atomic E-state index is 12.8. The number of carbonyl (C=O) groups excluding carboxylic acids is 1. The lowest BCUT2D eigenvalue weighted by Crippen LogP contribution is -2.37. The summed E-state index contributed by atoms with van der Waals surface area (Å²) in [5.74, 6) is -1.44. The molecule has 0 spiro atoms. The van der Waals surface area contributed by atoms with Crippen molar-refractivity contribution < 1.29 is 39.8 Å². The molecule has 1 heterocycles. The quantitative estimate of drug-likeness (QED) is 0.380. The molecule has 0 amide bonds. The van der Waals surface area contributed by atoms with Gasteiger partial charge in [0.15, 0.2) is 17.6 Å². The Labute approximate surface area is 172 Å². The van der Waals surface area contributed by atoms with Crippen LogP contribution in [0.15, 0.2) is 30.3 Å². The minimum absolute atomic E-state index is 0.148. The van der Waals surface area contributed by atoms with Gasteiger partial charge in [0, 0.05) is 29.7 Å². The first-order chi connectivity index (χ1) is 14.3. The van der Waals surface area contributed by atoms with Crippen LogP contribution in [-0.4, -0.2) is 43.7 Å². The van der Waals surface area contributed by atoms with Crippen molar-refractivity contribution >= 4 is 5.97 Å². The predicted octanol–water partition coefficient (Wildman–Crippen LogP) is 2.65. The third-order valence-corrected chi connectivity index (χ3v) is 5.79. The first-order valence-electron chi connectivity index (χ1n) is 9.93. The highest BCUT2D eigenvalue weighted by Gasteiger charge is 2.38. The van der Waals surface area contributed by atoms with E-state index in [1.165, 1.54) is 24.3 Å². The number of esters is 1. The Morgan fingerprint density at radius 2 is 1.67 bits per heavy atom. The van der Waals surface area contributed by atoms with E-state index in [0.717, 1.165) is 0 Å². The van der Waals surface area contributed by atoms with Gasteiger partial charge in [-0.25, -0.2) is 0 Å². The van der Waals surface area contributed by atoms with Crippen LogP contribution in [0.25, 0.3) is 0 Å². The SMILES string of the molecule is O=C(O[C@@H]1Cc2c(O)cc(O)cc2O[C@@H]1c1ccc(O)c(O)c1)C1CCC(O)CC1. The van der Waals surface area contributed by atoms with Crippen molar-refractivity contribution in [2.45, 2.75) is 50.4 Å². The number of benzene rings is 2. The summed E-state index contributed by atoms with van der Waals surface area (Å²) in [6, 6.07) is 6.74. The van der Waals surface area contributed by atoms with E-state index < -0.39 is 24.3 Å². The van der Waals surface area contributed by atoms with E-state index in [4.69, 9.17) is 9.47 Å². The van der Waals surface area contributed by atoms with Crippen LogP contribution >= 0.6 is 0 Å². The molecule has 0 bridgehead atoms. The second kappa shape index (κ2) is 7.95. The number of phenolic OH excluding ortho intramolecular Hbond substituents is 4. The normalized spacial score (nSPS) is 25.8. The Hall–Kier alpha value is -3.13. The van der Waals surface area contributed by atoms with Crippen molar-refractivity contribution in [3.05, 3.63) is 41.5 Å². The maximum atomic E-state index is 12.8. The summed E-state index contributed by atoms with van der Waals surface area (Å²) in [6.45, 7) is 0. The molecule has 160 valence electrons. The Balaban J connectivity index is 1.63. The molecule has 30 heavy (non-hydrogen) atoms. The summed E-state index contributed by atoms with van der Waals surface area (Å²) in [7, 11) is 0. The third kappa shape index (κ3) is 3.95. The molecule has 0 saturated heterocycles. The maximum Gasteiger partial charge on any atom is 0.309 e. The van der Waals surface area contributed by atoms with Gasteiger partial charge in [0.25, 0.3) is 0 Å². The highest BCUT2D eigenvalue weighted by Crippen LogP contribution is 2.44. The average Bonchev–Trinajstić information content (AvgIpc) is 2.70. The van der Waals surface area contributed by atoms with Crippen LogP contribution in [0.3, 0.4) is 0 Å². The summed E-state index contributed by atoms with van der Waals surface area (Å²) >= 11 is 0. The van der Waals surface area contributed by atoms with Gasteiger partial charge in [-0.1, -0.05) is 6.07 Å². The van der Waals surface area contributed by atoms with Gasteiger partial charge in [0.05, 0.1) is 12.0 Å². The molecule has 1 aliphatic heterocycles. The van der Waals surface area contributed by atoms with Crippen LogP contribution in [0.2, 0.25) is 0 Å². The van der Waals surface area contributed by atoms with E-state index in [2.05, 4.69) is 0 Å². The van der Waals surface area contributed by atoms with Crippen LogP contribution < -0.4 is 4.74 Å². The van der Waals surface area contributed by atoms with Gasteiger partial charge in [-0.2, -0.15) is 0 Å². The zero-order valence-corrected chi connectivity index (χ0v) is 16.2. The van der Waals surface area contributed by atoms with Gasteiger partial charge in [-0.3, -0.25) is 4.79 Å². The van der Waals surface area contributed by atoms with E-state index in [-0.39, 0.29) is 41.1 Å². The molecule has 2 atom stereocenters. The molecule has 5 N–H and O–H groups in total. The van der Waals surface area contributed by atoms with Gasteiger partial charge in [0.2, 0.25) is 0 Å². The van der Waals surface area contributed by atoms with Gasteiger partial charge in [-0.15, -0.1) is 0 Å². The molecule has 0 radical (unpaired) electrons. The molecule has 0 aromatic heterocycles. The standard InChI is InChI=1S/C22H24O8/c23-13-4-1-11(2-5-13)22(28)30-20-10-15-17(26)8-14(24)9-19(15)29-21(20)12-3-6-16(25)18(27)7-12/h3,6-9,11,13,20-21,23-27H,1-2,4-5,10H2/t11?,13?,20-,21-/m1/s1.